The predicted molar refractivity (Wildman–Crippen MR) is 73.4 cm³/mol. The van der Waals surface area contributed by atoms with Crippen LogP contribution in [0.1, 0.15) is 25.3 Å². The van der Waals surface area contributed by atoms with Crippen molar-refractivity contribution in [2.45, 2.75) is 19.8 Å². The van der Waals surface area contributed by atoms with Crippen LogP contribution in [0.2, 0.25) is 0 Å². The summed E-state index contributed by atoms with van der Waals surface area (Å²) in [6, 6.07) is 12.1. The van der Waals surface area contributed by atoms with Gasteiger partial charge in [-0.2, -0.15) is 0 Å². The summed E-state index contributed by atoms with van der Waals surface area (Å²) in [6.45, 7) is 4.34. The lowest BCUT2D eigenvalue weighted by Gasteiger charge is -2.08. The fraction of sp³-hybridized carbons (Fsp3) is 0.200. The van der Waals surface area contributed by atoms with E-state index < -0.39 is 0 Å². The molecule has 3 heteroatoms. The summed E-state index contributed by atoms with van der Waals surface area (Å²) >= 11 is 0. The van der Waals surface area contributed by atoms with Gasteiger partial charge in [0.15, 0.2) is 5.82 Å². The van der Waals surface area contributed by atoms with Crippen LogP contribution in [0.5, 0.6) is 0 Å². The van der Waals surface area contributed by atoms with Crippen molar-refractivity contribution in [2.24, 2.45) is 0 Å². The quantitative estimate of drug-likeness (QED) is 0.737. The summed E-state index contributed by atoms with van der Waals surface area (Å²) in [5.41, 5.74) is 4.20. The van der Waals surface area contributed by atoms with E-state index in [1.807, 2.05) is 36.5 Å². The van der Waals surface area contributed by atoms with Gasteiger partial charge in [-0.1, -0.05) is 32.0 Å². The highest BCUT2D eigenvalue weighted by Crippen LogP contribution is 2.26. The number of aromatic amines is 1. The van der Waals surface area contributed by atoms with Crippen LogP contribution in [-0.4, -0.2) is 15.0 Å². The van der Waals surface area contributed by atoms with Gasteiger partial charge in [0.05, 0.1) is 11.0 Å². The Morgan fingerprint density at radius 2 is 1.89 bits per heavy atom. The normalized spacial score (nSPS) is 11.3. The maximum Gasteiger partial charge on any atom is 0.157 e. The second-order valence-corrected chi connectivity index (χ2v) is 4.70. The molecular formula is C15H15N3. The number of nitrogens with one attached hydrogen (secondary N) is 1. The number of hydrogen-bond acceptors (Lipinski definition) is 2. The van der Waals surface area contributed by atoms with Gasteiger partial charge in [-0.3, -0.25) is 4.98 Å². The molecule has 3 rings (SSSR count). The third kappa shape index (κ3) is 1.78. The summed E-state index contributed by atoms with van der Waals surface area (Å²) in [5, 5.41) is 0. The highest BCUT2D eigenvalue weighted by Gasteiger charge is 2.12. The lowest BCUT2D eigenvalue weighted by Crippen LogP contribution is -1.96. The molecule has 0 saturated carbocycles. The van der Waals surface area contributed by atoms with Crippen molar-refractivity contribution in [1.82, 2.24) is 15.0 Å². The zero-order valence-corrected chi connectivity index (χ0v) is 10.5. The van der Waals surface area contributed by atoms with Crippen LogP contribution in [0.3, 0.4) is 0 Å². The molecule has 0 saturated heterocycles. The SMILES string of the molecule is CC(C)c1cccnc1-c1nc2ccccc2[nH]1. The van der Waals surface area contributed by atoms with Crippen LogP contribution in [-0.2, 0) is 0 Å². The minimum atomic E-state index is 0.432. The topological polar surface area (TPSA) is 41.6 Å². The molecule has 0 amide bonds. The van der Waals surface area contributed by atoms with Crippen molar-refractivity contribution in [2.75, 3.05) is 0 Å². The van der Waals surface area contributed by atoms with Crippen LogP contribution in [0.15, 0.2) is 42.6 Å². The fourth-order valence-corrected chi connectivity index (χ4v) is 2.15. The number of pyridine rings is 1. The van der Waals surface area contributed by atoms with Gasteiger partial charge in [0.2, 0.25) is 0 Å². The second kappa shape index (κ2) is 4.26. The number of aromatic nitrogens is 3. The third-order valence-corrected chi connectivity index (χ3v) is 3.07. The molecule has 0 fully saturated rings. The number of rotatable bonds is 2. The molecule has 2 heterocycles. The molecule has 0 radical (unpaired) electrons. The van der Waals surface area contributed by atoms with Crippen molar-refractivity contribution in [3.63, 3.8) is 0 Å². The van der Waals surface area contributed by atoms with E-state index in [9.17, 15) is 0 Å². The Bertz CT molecular complexity index is 650. The smallest absolute Gasteiger partial charge is 0.157 e. The zero-order valence-electron chi connectivity index (χ0n) is 10.5. The molecule has 1 aromatic carbocycles. The van der Waals surface area contributed by atoms with Gasteiger partial charge in [-0.25, -0.2) is 4.98 Å². The second-order valence-electron chi connectivity index (χ2n) is 4.70. The van der Waals surface area contributed by atoms with Gasteiger partial charge < -0.3 is 4.98 Å². The highest BCUT2D eigenvalue weighted by molar-refractivity contribution is 5.79. The van der Waals surface area contributed by atoms with Crippen LogP contribution < -0.4 is 0 Å². The summed E-state index contributed by atoms with van der Waals surface area (Å²) < 4.78 is 0. The van der Waals surface area contributed by atoms with Gasteiger partial charge in [0.25, 0.3) is 0 Å². The number of imidazole rings is 1. The molecule has 3 nitrogen and oxygen atoms in total. The van der Waals surface area contributed by atoms with E-state index >= 15 is 0 Å². The van der Waals surface area contributed by atoms with E-state index in [1.54, 1.807) is 0 Å². The molecule has 3 aromatic rings. The van der Waals surface area contributed by atoms with Gasteiger partial charge in [0, 0.05) is 6.20 Å². The molecule has 2 aromatic heterocycles. The molecule has 0 spiro atoms. The summed E-state index contributed by atoms with van der Waals surface area (Å²) in [7, 11) is 0. The zero-order chi connectivity index (χ0) is 12.5. The third-order valence-electron chi connectivity index (χ3n) is 3.07. The molecule has 1 N–H and O–H groups in total. The van der Waals surface area contributed by atoms with Crippen molar-refractivity contribution < 1.29 is 0 Å². The Morgan fingerprint density at radius 1 is 1.06 bits per heavy atom. The molecule has 0 aliphatic carbocycles. The largest absolute Gasteiger partial charge is 0.337 e. The first-order valence-corrected chi connectivity index (χ1v) is 6.16. The molecule has 18 heavy (non-hydrogen) atoms. The lowest BCUT2D eigenvalue weighted by atomic mass is 10.0. The van der Waals surface area contributed by atoms with Crippen LogP contribution in [0, 0.1) is 0 Å². The minimum absolute atomic E-state index is 0.432. The van der Waals surface area contributed by atoms with E-state index in [-0.39, 0.29) is 0 Å². The van der Waals surface area contributed by atoms with E-state index in [1.165, 1.54) is 5.56 Å². The average Bonchev–Trinajstić information content (AvgIpc) is 2.82. The Hall–Kier alpha value is -2.16. The number of para-hydroxylation sites is 2. The lowest BCUT2D eigenvalue weighted by molar-refractivity contribution is 0.859. The minimum Gasteiger partial charge on any atom is -0.337 e. The number of benzene rings is 1. The van der Waals surface area contributed by atoms with Crippen molar-refractivity contribution in [1.29, 1.82) is 0 Å². The van der Waals surface area contributed by atoms with Gasteiger partial charge >= 0.3 is 0 Å². The monoisotopic (exact) mass is 237 g/mol. The Morgan fingerprint density at radius 3 is 2.67 bits per heavy atom. The van der Waals surface area contributed by atoms with Gasteiger partial charge in [0.1, 0.15) is 5.69 Å². The van der Waals surface area contributed by atoms with Crippen LogP contribution >= 0.6 is 0 Å². The van der Waals surface area contributed by atoms with Gasteiger partial charge in [-0.15, -0.1) is 0 Å². The van der Waals surface area contributed by atoms with E-state index in [0.29, 0.717) is 5.92 Å². The molecule has 0 atom stereocenters. The first-order chi connectivity index (χ1) is 8.75. The highest BCUT2D eigenvalue weighted by atomic mass is 14.9. The van der Waals surface area contributed by atoms with Crippen molar-refractivity contribution in [3.05, 3.63) is 48.2 Å². The molecule has 0 aliphatic heterocycles. The van der Waals surface area contributed by atoms with E-state index in [4.69, 9.17) is 0 Å². The summed E-state index contributed by atoms with van der Waals surface area (Å²) in [5.74, 6) is 1.28. The molecular weight excluding hydrogens is 222 g/mol. The van der Waals surface area contributed by atoms with E-state index in [0.717, 1.165) is 22.6 Å². The molecule has 0 unspecified atom stereocenters. The fourth-order valence-electron chi connectivity index (χ4n) is 2.15. The maximum atomic E-state index is 4.61. The van der Waals surface area contributed by atoms with Crippen molar-refractivity contribution >= 4 is 11.0 Å². The van der Waals surface area contributed by atoms with Gasteiger partial charge in [-0.05, 0) is 29.7 Å². The molecule has 90 valence electrons. The number of hydrogen-bond donors (Lipinski definition) is 1. The van der Waals surface area contributed by atoms with Crippen LogP contribution in [0.25, 0.3) is 22.6 Å². The van der Waals surface area contributed by atoms with E-state index in [2.05, 4.69) is 34.9 Å². The standard InChI is InChI=1S/C15H15N3/c1-10(2)11-6-5-9-16-14(11)15-17-12-7-3-4-8-13(12)18-15/h3-10H,1-2H3,(H,17,18). The summed E-state index contributed by atoms with van der Waals surface area (Å²) in [4.78, 5) is 12.4. The number of nitrogens with zero attached hydrogens (tertiary/aromatic N) is 2. The molecule has 0 aliphatic rings. The van der Waals surface area contributed by atoms with Crippen LogP contribution in [0.4, 0.5) is 0 Å². The Kier molecular flexibility index (Phi) is 2.59. The molecule has 0 bridgehead atoms. The maximum absolute atomic E-state index is 4.61. The van der Waals surface area contributed by atoms with Crippen molar-refractivity contribution in [3.8, 4) is 11.5 Å². The predicted octanol–water partition coefficient (Wildman–Crippen LogP) is 3.75. The number of fused-ring (bicyclic) bond motifs is 1. The first kappa shape index (κ1) is 11.0. The number of H-pyrrole nitrogens is 1. The Labute approximate surface area is 106 Å². The Balaban J connectivity index is 2.20. The summed E-state index contributed by atoms with van der Waals surface area (Å²) in [6.07, 6.45) is 1.81. The first-order valence-electron chi connectivity index (χ1n) is 6.16. The average molecular weight is 237 g/mol.